The molecule has 0 aliphatic heterocycles. The van der Waals surface area contributed by atoms with E-state index in [1.54, 1.807) is 36.4 Å². The molecule has 1 rings (SSSR count). The van der Waals surface area contributed by atoms with Crippen LogP contribution in [0.2, 0.25) is 0 Å². The first kappa shape index (κ1) is 11.4. The number of carbonyl (C=O) groups is 1. The number of carboxylic acid groups (broad SMARTS) is 1. The van der Waals surface area contributed by atoms with Gasteiger partial charge < -0.3 is 5.11 Å². The van der Waals surface area contributed by atoms with E-state index in [2.05, 4.69) is 0 Å². The SMILES string of the molecule is N#CCC(P=O)(C(=O)O)c1ccccc1. The Morgan fingerprint density at radius 2 is 2.07 bits per heavy atom. The molecule has 0 heterocycles. The topological polar surface area (TPSA) is 78.2 Å². The van der Waals surface area contributed by atoms with E-state index >= 15 is 0 Å². The molecule has 1 aromatic carbocycles. The van der Waals surface area contributed by atoms with Crippen molar-refractivity contribution in [3.05, 3.63) is 35.9 Å². The third kappa shape index (κ3) is 2.03. The third-order valence-electron chi connectivity index (χ3n) is 2.10. The van der Waals surface area contributed by atoms with Crippen molar-refractivity contribution in [2.24, 2.45) is 0 Å². The summed E-state index contributed by atoms with van der Waals surface area (Å²) in [7, 11) is -0.579. The number of nitrogens with zero attached hydrogens (tertiary/aromatic N) is 1. The van der Waals surface area contributed by atoms with Gasteiger partial charge in [-0.25, -0.2) is 0 Å². The first-order chi connectivity index (χ1) is 7.17. The Morgan fingerprint density at radius 3 is 2.47 bits per heavy atom. The zero-order valence-corrected chi connectivity index (χ0v) is 8.65. The van der Waals surface area contributed by atoms with Gasteiger partial charge in [0.2, 0.25) is 0 Å². The van der Waals surface area contributed by atoms with Crippen LogP contribution in [0.4, 0.5) is 0 Å². The van der Waals surface area contributed by atoms with Gasteiger partial charge in [0, 0.05) is 0 Å². The molecule has 0 aromatic heterocycles. The molecular weight excluding hydrogens is 213 g/mol. The molecule has 1 N–H and O–H groups in total. The van der Waals surface area contributed by atoms with Gasteiger partial charge in [-0.3, -0.25) is 9.36 Å². The molecule has 0 amide bonds. The molecule has 0 aliphatic rings. The molecule has 0 aliphatic carbocycles. The molecule has 1 aromatic rings. The predicted molar refractivity (Wildman–Crippen MR) is 53.6 cm³/mol. The summed E-state index contributed by atoms with van der Waals surface area (Å²) in [4.78, 5) is 11.1. The molecule has 0 radical (unpaired) electrons. The van der Waals surface area contributed by atoms with Crippen LogP contribution in [0.1, 0.15) is 12.0 Å². The van der Waals surface area contributed by atoms with Crippen LogP contribution in [0.3, 0.4) is 0 Å². The van der Waals surface area contributed by atoms with Crippen molar-refractivity contribution in [3.63, 3.8) is 0 Å². The molecule has 15 heavy (non-hydrogen) atoms. The number of rotatable bonds is 4. The van der Waals surface area contributed by atoms with Crippen molar-refractivity contribution < 1.29 is 14.5 Å². The predicted octanol–water partition coefficient (Wildman–Crippen LogP) is 2.17. The molecule has 1 atom stereocenters. The largest absolute Gasteiger partial charge is 0.480 e. The smallest absolute Gasteiger partial charge is 0.327 e. The van der Waals surface area contributed by atoms with Crippen LogP contribution >= 0.6 is 8.46 Å². The Bertz CT molecular complexity index is 412. The lowest BCUT2D eigenvalue weighted by Crippen LogP contribution is -2.29. The Balaban J connectivity index is 3.29. The van der Waals surface area contributed by atoms with E-state index in [0.29, 0.717) is 5.56 Å². The molecule has 0 bridgehead atoms. The van der Waals surface area contributed by atoms with Crippen LogP contribution in [-0.4, -0.2) is 11.1 Å². The van der Waals surface area contributed by atoms with E-state index in [1.807, 2.05) is 0 Å². The van der Waals surface area contributed by atoms with Gasteiger partial charge in [0.15, 0.2) is 13.6 Å². The van der Waals surface area contributed by atoms with Crippen LogP contribution in [0.25, 0.3) is 0 Å². The highest BCUT2D eigenvalue weighted by Gasteiger charge is 2.41. The number of nitriles is 1. The van der Waals surface area contributed by atoms with E-state index in [4.69, 9.17) is 10.4 Å². The lowest BCUT2D eigenvalue weighted by Gasteiger charge is -2.18. The van der Waals surface area contributed by atoms with Gasteiger partial charge in [-0.1, -0.05) is 30.3 Å². The van der Waals surface area contributed by atoms with E-state index in [1.165, 1.54) is 0 Å². The molecule has 5 heteroatoms. The summed E-state index contributed by atoms with van der Waals surface area (Å²) < 4.78 is 11.0. The molecule has 0 fully saturated rings. The van der Waals surface area contributed by atoms with Crippen molar-refractivity contribution in [1.29, 1.82) is 5.26 Å². The maximum atomic E-state index is 11.1. The normalized spacial score (nSPS) is 14.1. The van der Waals surface area contributed by atoms with Gasteiger partial charge in [0.1, 0.15) is 0 Å². The van der Waals surface area contributed by atoms with E-state index in [-0.39, 0.29) is 6.42 Å². The van der Waals surface area contributed by atoms with Crippen molar-refractivity contribution >= 4 is 14.4 Å². The molecule has 76 valence electrons. The van der Waals surface area contributed by atoms with Gasteiger partial charge in [-0.2, -0.15) is 5.26 Å². The molecular formula is C10H8NO3P. The fourth-order valence-electron chi connectivity index (χ4n) is 1.25. The molecule has 0 saturated heterocycles. The number of carboxylic acids is 1. The Labute approximate surface area is 88.4 Å². The summed E-state index contributed by atoms with van der Waals surface area (Å²) >= 11 is 0. The molecule has 0 saturated carbocycles. The summed E-state index contributed by atoms with van der Waals surface area (Å²) in [6, 6.07) is 9.88. The van der Waals surface area contributed by atoms with Gasteiger partial charge >= 0.3 is 5.97 Å². The summed E-state index contributed by atoms with van der Waals surface area (Å²) in [5.41, 5.74) is 0.371. The monoisotopic (exact) mass is 221 g/mol. The Hall–Kier alpha value is -1.72. The average molecular weight is 221 g/mol. The number of aliphatic carboxylic acids is 1. The minimum absolute atomic E-state index is 0.322. The maximum absolute atomic E-state index is 11.1. The molecule has 1 unspecified atom stereocenters. The maximum Gasteiger partial charge on any atom is 0.327 e. The standard InChI is InChI=1S/C10H8NO3P/c11-7-6-10(15-14,9(12)13)8-4-2-1-3-5-8/h1-5H,6H2,(H,12,13). The van der Waals surface area contributed by atoms with Crippen LogP contribution in [0, 0.1) is 11.3 Å². The van der Waals surface area contributed by atoms with Crippen LogP contribution in [-0.2, 0) is 14.5 Å². The van der Waals surface area contributed by atoms with Crippen LogP contribution in [0.15, 0.2) is 30.3 Å². The van der Waals surface area contributed by atoms with E-state index < -0.39 is 19.6 Å². The summed E-state index contributed by atoms with van der Waals surface area (Å²) in [5.74, 6) is -1.26. The van der Waals surface area contributed by atoms with E-state index in [9.17, 15) is 9.36 Å². The summed E-state index contributed by atoms with van der Waals surface area (Å²) in [6.07, 6.45) is -0.322. The number of benzene rings is 1. The minimum atomic E-state index is -1.64. The summed E-state index contributed by atoms with van der Waals surface area (Å²) in [5, 5.41) is 16.0. The zero-order chi connectivity index (χ0) is 11.3. The lowest BCUT2D eigenvalue weighted by molar-refractivity contribution is -0.140. The third-order valence-corrected chi connectivity index (χ3v) is 3.02. The van der Waals surface area contributed by atoms with Gasteiger partial charge in [-0.15, -0.1) is 0 Å². The second-order valence-electron chi connectivity index (χ2n) is 2.96. The van der Waals surface area contributed by atoms with Gasteiger partial charge in [-0.05, 0) is 5.56 Å². The Morgan fingerprint density at radius 1 is 1.47 bits per heavy atom. The molecule has 4 nitrogen and oxygen atoms in total. The van der Waals surface area contributed by atoms with E-state index in [0.717, 1.165) is 0 Å². The van der Waals surface area contributed by atoms with Crippen molar-refractivity contribution in [2.75, 3.05) is 0 Å². The molecule has 0 spiro atoms. The number of hydrogen-bond acceptors (Lipinski definition) is 3. The number of hydrogen-bond donors (Lipinski definition) is 1. The second kappa shape index (κ2) is 4.68. The van der Waals surface area contributed by atoms with Crippen LogP contribution < -0.4 is 0 Å². The highest BCUT2D eigenvalue weighted by atomic mass is 31.1. The fraction of sp³-hybridized carbons (Fsp3) is 0.200. The fourth-order valence-corrected chi connectivity index (χ4v) is 1.72. The second-order valence-corrected chi connectivity index (χ2v) is 3.90. The first-order valence-electron chi connectivity index (χ1n) is 4.18. The lowest BCUT2D eigenvalue weighted by atomic mass is 9.95. The summed E-state index contributed by atoms with van der Waals surface area (Å²) in [6.45, 7) is 0. The zero-order valence-electron chi connectivity index (χ0n) is 7.75. The van der Waals surface area contributed by atoms with Crippen molar-refractivity contribution in [3.8, 4) is 6.07 Å². The van der Waals surface area contributed by atoms with Crippen LogP contribution in [0.5, 0.6) is 0 Å². The highest BCUT2D eigenvalue weighted by Crippen LogP contribution is 2.38. The quantitative estimate of drug-likeness (QED) is 0.790. The highest BCUT2D eigenvalue weighted by molar-refractivity contribution is 7.27. The van der Waals surface area contributed by atoms with Gasteiger partial charge in [0.05, 0.1) is 12.5 Å². The Kier molecular flexibility index (Phi) is 3.54. The van der Waals surface area contributed by atoms with Gasteiger partial charge in [0.25, 0.3) is 0 Å². The average Bonchev–Trinajstić information content (AvgIpc) is 2.26. The van der Waals surface area contributed by atoms with Crippen molar-refractivity contribution in [1.82, 2.24) is 0 Å². The first-order valence-corrected chi connectivity index (χ1v) is 4.99. The minimum Gasteiger partial charge on any atom is -0.480 e. The van der Waals surface area contributed by atoms with Crippen molar-refractivity contribution in [2.45, 2.75) is 11.6 Å².